The van der Waals surface area contributed by atoms with Gasteiger partial charge in [-0.25, -0.2) is 4.98 Å². The van der Waals surface area contributed by atoms with Gasteiger partial charge in [0.2, 0.25) is 5.91 Å². The molecule has 2 rings (SSSR count). The number of pyridine rings is 1. The van der Waals surface area contributed by atoms with Crippen LogP contribution in [0.15, 0.2) is 12.1 Å². The molecule has 0 aromatic carbocycles. The van der Waals surface area contributed by atoms with E-state index in [1.807, 2.05) is 0 Å². The van der Waals surface area contributed by atoms with Crippen LogP contribution in [0.3, 0.4) is 0 Å². The SMILES string of the molecule is Nc1ccc(Cl)nc1N1CC(Br)CC1=O. The second-order valence-electron chi connectivity index (χ2n) is 3.35. The van der Waals surface area contributed by atoms with Crippen LogP contribution in [0.4, 0.5) is 11.5 Å². The number of nitrogen functional groups attached to an aromatic ring is 1. The number of nitrogens with two attached hydrogens (primary N) is 1. The number of anilines is 2. The lowest BCUT2D eigenvalue weighted by molar-refractivity contribution is -0.117. The first-order chi connectivity index (χ1) is 7.08. The lowest BCUT2D eigenvalue weighted by Gasteiger charge is -2.16. The van der Waals surface area contributed by atoms with Crippen molar-refractivity contribution in [1.82, 2.24) is 4.98 Å². The van der Waals surface area contributed by atoms with Crippen LogP contribution in [0, 0.1) is 0 Å². The number of rotatable bonds is 1. The molecular weight excluding hydrogens is 281 g/mol. The van der Waals surface area contributed by atoms with Crippen molar-refractivity contribution in [3.8, 4) is 0 Å². The van der Waals surface area contributed by atoms with Gasteiger partial charge in [-0.15, -0.1) is 0 Å². The van der Waals surface area contributed by atoms with Crippen LogP contribution >= 0.6 is 27.5 Å². The third-order valence-electron chi connectivity index (χ3n) is 2.20. The maximum Gasteiger partial charge on any atom is 0.229 e. The molecule has 4 nitrogen and oxygen atoms in total. The summed E-state index contributed by atoms with van der Waals surface area (Å²) in [5.74, 6) is 0.466. The minimum Gasteiger partial charge on any atom is -0.396 e. The summed E-state index contributed by atoms with van der Waals surface area (Å²) < 4.78 is 0. The molecule has 0 radical (unpaired) electrons. The van der Waals surface area contributed by atoms with E-state index in [-0.39, 0.29) is 10.7 Å². The molecule has 15 heavy (non-hydrogen) atoms. The van der Waals surface area contributed by atoms with E-state index < -0.39 is 0 Å². The number of nitrogens with zero attached hydrogens (tertiary/aromatic N) is 2. The van der Waals surface area contributed by atoms with Gasteiger partial charge in [-0.05, 0) is 12.1 Å². The molecule has 0 bridgehead atoms. The predicted molar refractivity (Wildman–Crippen MR) is 63.3 cm³/mol. The van der Waals surface area contributed by atoms with Crippen LogP contribution in [-0.2, 0) is 4.79 Å². The molecule has 0 saturated carbocycles. The zero-order valence-electron chi connectivity index (χ0n) is 7.78. The number of carbonyl (C=O) groups is 1. The molecule has 1 saturated heterocycles. The Bertz CT molecular complexity index is 412. The van der Waals surface area contributed by atoms with E-state index in [4.69, 9.17) is 17.3 Å². The molecule has 1 amide bonds. The average Bonchev–Trinajstić information content (AvgIpc) is 2.50. The molecule has 1 aromatic heterocycles. The van der Waals surface area contributed by atoms with Crippen LogP contribution in [0.1, 0.15) is 6.42 Å². The second-order valence-corrected chi connectivity index (χ2v) is 5.03. The standard InChI is InChI=1S/C9H9BrClN3O/c10-5-3-8(15)14(4-5)9-6(12)1-2-7(11)13-9/h1-2,5H,3-4,12H2. The Hall–Kier alpha value is -0.810. The fourth-order valence-corrected chi connectivity index (χ4v) is 2.23. The smallest absolute Gasteiger partial charge is 0.229 e. The van der Waals surface area contributed by atoms with Crippen molar-refractivity contribution >= 4 is 44.9 Å². The van der Waals surface area contributed by atoms with Crippen molar-refractivity contribution in [2.24, 2.45) is 0 Å². The monoisotopic (exact) mass is 289 g/mol. The van der Waals surface area contributed by atoms with Crippen LogP contribution in [0.25, 0.3) is 0 Å². The number of hydrogen-bond acceptors (Lipinski definition) is 3. The first kappa shape index (κ1) is 10.7. The molecule has 1 aromatic rings. The van der Waals surface area contributed by atoms with E-state index in [2.05, 4.69) is 20.9 Å². The summed E-state index contributed by atoms with van der Waals surface area (Å²) in [7, 11) is 0. The molecule has 1 fully saturated rings. The van der Waals surface area contributed by atoms with Crippen molar-refractivity contribution < 1.29 is 4.79 Å². The lowest BCUT2D eigenvalue weighted by atomic mass is 10.3. The van der Waals surface area contributed by atoms with E-state index in [1.165, 1.54) is 0 Å². The highest BCUT2D eigenvalue weighted by Gasteiger charge is 2.30. The quantitative estimate of drug-likeness (QED) is 0.634. The molecular formula is C9H9BrClN3O. The summed E-state index contributed by atoms with van der Waals surface area (Å²) in [4.78, 5) is 17.4. The fourth-order valence-electron chi connectivity index (χ4n) is 1.52. The van der Waals surface area contributed by atoms with Gasteiger partial charge < -0.3 is 5.73 Å². The Kier molecular flexibility index (Phi) is 2.84. The van der Waals surface area contributed by atoms with E-state index in [9.17, 15) is 4.79 Å². The largest absolute Gasteiger partial charge is 0.396 e. The highest BCUT2D eigenvalue weighted by atomic mass is 79.9. The van der Waals surface area contributed by atoms with Crippen LogP contribution < -0.4 is 10.6 Å². The van der Waals surface area contributed by atoms with Crippen LogP contribution in [0.5, 0.6) is 0 Å². The van der Waals surface area contributed by atoms with Gasteiger partial charge in [0.1, 0.15) is 5.15 Å². The molecule has 1 aliphatic rings. The van der Waals surface area contributed by atoms with Gasteiger partial charge in [-0.1, -0.05) is 27.5 Å². The van der Waals surface area contributed by atoms with E-state index in [0.717, 1.165) is 0 Å². The van der Waals surface area contributed by atoms with Gasteiger partial charge in [0.15, 0.2) is 5.82 Å². The summed E-state index contributed by atoms with van der Waals surface area (Å²) >= 11 is 9.16. The predicted octanol–water partition coefficient (Wildman–Crippen LogP) is 1.82. The van der Waals surface area contributed by atoms with Crippen molar-refractivity contribution in [2.75, 3.05) is 17.2 Å². The average molecular weight is 291 g/mol. The van der Waals surface area contributed by atoms with Crippen LogP contribution in [0.2, 0.25) is 5.15 Å². The summed E-state index contributed by atoms with van der Waals surface area (Å²) in [6, 6.07) is 3.26. The Morgan fingerprint density at radius 1 is 1.60 bits per heavy atom. The Morgan fingerprint density at radius 3 is 2.93 bits per heavy atom. The van der Waals surface area contributed by atoms with E-state index in [0.29, 0.717) is 29.6 Å². The number of halogens is 2. The number of aromatic nitrogens is 1. The van der Waals surface area contributed by atoms with Crippen LogP contribution in [-0.4, -0.2) is 22.3 Å². The molecule has 6 heteroatoms. The fraction of sp³-hybridized carbons (Fsp3) is 0.333. The number of alkyl halides is 1. The molecule has 0 spiro atoms. The Labute approximate surface area is 101 Å². The van der Waals surface area contributed by atoms with Crippen molar-refractivity contribution in [3.63, 3.8) is 0 Å². The van der Waals surface area contributed by atoms with E-state index in [1.54, 1.807) is 17.0 Å². The van der Waals surface area contributed by atoms with Gasteiger partial charge >= 0.3 is 0 Å². The number of carbonyl (C=O) groups excluding carboxylic acids is 1. The molecule has 1 unspecified atom stereocenters. The normalized spacial score (nSPS) is 21.1. The topological polar surface area (TPSA) is 59.2 Å². The minimum absolute atomic E-state index is 0.0124. The van der Waals surface area contributed by atoms with Gasteiger partial charge in [-0.2, -0.15) is 0 Å². The molecule has 1 aliphatic heterocycles. The van der Waals surface area contributed by atoms with Crippen molar-refractivity contribution in [2.45, 2.75) is 11.2 Å². The van der Waals surface area contributed by atoms with Crippen molar-refractivity contribution in [1.29, 1.82) is 0 Å². The Balaban J connectivity index is 2.37. The molecule has 0 aliphatic carbocycles. The first-order valence-corrected chi connectivity index (χ1v) is 5.74. The van der Waals surface area contributed by atoms with E-state index >= 15 is 0 Å². The minimum atomic E-state index is 0.0124. The highest BCUT2D eigenvalue weighted by molar-refractivity contribution is 9.09. The highest BCUT2D eigenvalue weighted by Crippen LogP contribution is 2.28. The maximum atomic E-state index is 11.6. The third kappa shape index (κ3) is 2.08. The van der Waals surface area contributed by atoms with Crippen molar-refractivity contribution in [3.05, 3.63) is 17.3 Å². The molecule has 2 N–H and O–H groups in total. The van der Waals surface area contributed by atoms with Gasteiger partial charge in [-0.3, -0.25) is 9.69 Å². The first-order valence-electron chi connectivity index (χ1n) is 4.44. The number of hydrogen-bond donors (Lipinski definition) is 1. The third-order valence-corrected chi connectivity index (χ3v) is 3.03. The summed E-state index contributed by atoms with van der Waals surface area (Å²) in [5, 5.41) is 0.338. The summed E-state index contributed by atoms with van der Waals surface area (Å²) in [5.41, 5.74) is 6.21. The van der Waals surface area contributed by atoms with Gasteiger partial charge in [0, 0.05) is 17.8 Å². The summed E-state index contributed by atoms with van der Waals surface area (Å²) in [6.07, 6.45) is 0.466. The second kappa shape index (κ2) is 3.98. The Morgan fingerprint density at radius 2 is 2.33 bits per heavy atom. The maximum absolute atomic E-state index is 11.6. The number of amides is 1. The summed E-state index contributed by atoms with van der Waals surface area (Å²) in [6.45, 7) is 0.580. The molecule has 80 valence electrons. The molecule has 2 heterocycles. The lowest BCUT2D eigenvalue weighted by Crippen LogP contribution is -2.26. The zero-order valence-corrected chi connectivity index (χ0v) is 10.1. The zero-order chi connectivity index (χ0) is 11.0. The molecule has 1 atom stereocenters. The van der Waals surface area contributed by atoms with Gasteiger partial charge in [0.05, 0.1) is 5.69 Å². The van der Waals surface area contributed by atoms with Gasteiger partial charge in [0.25, 0.3) is 0 Å².